The third-order valence-corrected chi connectivity index (χ3v) is 4.23. The molecule has 0 aliphatic rings. The minimum absolute atomic E-state index is 0.0399. The van der Waals surface area contributed by atoms with Crippen molar-refractivity contribution in [3.05, 3.63) is 53.6 Å². The summed E-state index contributed by atoms with van der Waals surface area (Å²) in [7, 11) is 1.54. The predicted octanol–water partition coefficient (Wildman–Crippen LogP) is 4.26. The average Bonchev–Trinajstić information content (AvgIpc) is 2.73. The Hall–Kier alpha value is -3.26. The molecule has 0 spiro atoms. The lowest BCUT2D eigenvalue weighted by Crippen LogP contribution is -2.29. The Kier molecular flexibility index (Phi) is 9.14. The molecule has 0 bridgehead atoms. The maximum Gasteiger partial charge on any atom is 0.411 e. The molecule has 0 aliphatic heterocycles. The minimum Gasteiger partial charge on any atom is -0.497 e. The van der Waals surface area contributed by atoms with Crippen LogP contribution in [0, 0.1) is 0 Å². The number of benzene rings is 2. The number of hydrogen-bond acceptors (Lipinski definition) is 6. The van der Waals surface area contributed by atoms with Gasteiger partial charge in [-0.2, -0.15) is 0 Å². The first kappa shape index (κ1) is 24.0. The molecule has 8 nitrogen and oxygen atoms in total. The van der Waals surface area contributed by atoms with Gasteiger partial charge in [0, 0.05) is 23.7 Å². The Bertz CT molecular complexity index is 882. The van der Waals surface area contributed by atoms with E-state index in [-0.39, 0.29) is 19.1 Å². The maximum absolute atomic E-state index is 12.2. The van der Waals surface area contributed by atoms with Gasteiger partial charge in [0.15, 0.2) is 6.10 Å². The Morgan fingerprint density at radius 3 is 2.55 bits per heavy atom. The van der Waals surface area contributed by atoms with Gasteiger partial charge in [0.1, 0.15) is 18.1 Å². The van der Waals surface area contributed by atoms with E-state index in [2.05, 4.69) is 5.32 Å². The summed E-state index contributed by atoms with van der Waals surface area (Å²) in [6.07, 6.45) is -1.63. The maximum atomic E-state index is 12.2. The van der Waals surface area contributed by atoms with Crippen LogP contribution in [0.15, 0.2) is 42.5 Å². The predicted molar refractivity (Wildman–Crippen MR) is 116 cm³/mol. The number of carboxylic acid groups (broad SMARTS) is 1. The van der Waals surface area contributed by atoms with Crippen molar-refractivity contribution in [3.63, 3.8) is 0 Å². The molecular weight excluding hydrogens is 402 g/mol. The average molecular weight is 431 g/mol. The van der Waals surface area contributed by atoms with E-state index in [4.69, 9.17) is 18.9 Å². The zero-order chi connectivity index (χ0) is 22.8. The highest BCUT2D eigenvalue weighted by atomic mass is 16.5. The van der Waals surface area contributed by atoms with Crippen molar-refractivity contribution in [3.8, 4) is 11.5 Å². The number of carboxylic acids is 1. The molecule has 1 unspecified atom stereocenters. The van der Waals surface area contributed by atoms with Crippen molar-refractivity contribution < 1.29 is 33.6 Å². The highest BCUT2D eigenvalue weighted by molar-refractivity contribution is 5.84. The highest BCUT2D eigenvalue weighted by Gasteiger charge is 2.21. The number of aliphatic carboxylic acids is 1. The fourth-order valence-electron chi connectivity index (χ4n) is 2.90. The molecule has 0 aromatic heterocycles. The van der Waals surface area contributed by atoms with Gasteiger partial charge in [0.25, 0.3) is 0 Å². The Morgan fingerprint density at radius 2 is 1.90 bits per heavy atom. The van der Waals surface area contributed by atoms with E-state index in [1.54, 1.807) is 63.4 Å². The van der Waals surface area contributed by atoms with Crippen LogP contribution in [0.1, 0.15) is 31.9 Å². The highest BCUT2D eigenvalue weighted by Crippen LogP contribution is 2.23. The molecule has 2 N–H and O–H groups in total. The summed E-state index contributed by atoms with van der Waals surface area (Å²) < 4.78 is 21.6. The van der Waals surface area contributed by atoms with E-state index in [1.807, 2.05) is 6.92 Å². The Balaban J connectivity index is 2.09. The van der Waals surface area contributed by atoms with Gasteiger partial charge < -0.3 is 24.1 Å². The zero-order valence-electron chi connectivity index (χ0n) is 18.2. The third-order valence-electron chi connectivity index (χ3n) is 4.23. The summed E-state index contributed by atoms with van der Waals surface area (Å²) in [6, 6.07) is 12.2. The molecule has 0 heterocycles. The Labute approximate surface area is 182 Å². The van der Waals surface area contributed by atoms with Crippen molar-refractivity contribution in [1.29, 1.82) is 0 Å². The summed E-state index contributed by atoms with van der Waals surface area (Å²) in [5.74, 6) is 0.149. The molecule has 31 heavy (non-hydrogen) atoms. The van der Waals surface area contributed by atoms with Gasteiger partial charge in [0.2, 0.25) is 0 Å². The van der Waals surface area contributed by atoms with Crippen LogP contribution in [-0.2, 0) is 27.3 Å². The van der Waals surface area contributed by atoms with Gasteiger partial charge in [-0.15, -0.1) is 0 Å². The number of carbonyl (C=O) groups is 2. The fraction of sp³-hybridized carbons (Fsp3) is 0.391. The van der Waals surface area contributed by atoms with Gasteiger partial charge in [-0.1, -0.05) is 12.1 Å². The largest absolute Gasteiger partial charge is 0.497 e. The van der Waals surface area contributed by atoms with Gasteiger partial charge in [-0.05, 0) is 50.6 Å². The molecule has 1 atom stereocenters. The van der Waals surface area contributed by atoms with Crippen molar-refractivity contribution in [1.82, 2.24) is 0 Å². The van der Waals surface area contributed by atoms with Crippen LogP contribution >= 0.6 is 0 Å². The summed E-state index contributed by atoms with van der Waals surface area (Å²) in [4.78, 5) is 23.7. The van der Waals surface area contributed by atoms with Crippen LogP contribution in [0.4, 0.5) is 10.5 Å². The molecule has 0 aliphatic carbocycles. The molecule has 8 heteroatoms. The van der Waals surface area contributed by atoms with Crippen LogP contribution in [0.3, 0.4) is 0 Å². The summed E-state index contributed by atoms with van der Waals surface area (Å²) in [5.41, 5.74) is 1.91. The smallest absolute Gasteiger partial charge is 0.411 e. The standard InChI is InChI=1S/C23H29NO7/c1-5-29-20-10-9-16(12-21(22(25)26)31-15(2)3)11-17(20)14-30-23(27)24-18-7-6-8-19(13-18)28-4/h6-11,13,15,21H,5,12,14H2,1-4H3,(H,24,27)(H,25,26). The quantitative estimate of drug-likeness (QED) is 0.548. The van der Waals surface area contributed by atoms with Gasteiger partial charge in [0.05, 0.1) is 19.8 Å². The van der Waals surface area contributed by atoms with E-state index in [1.165, 1.54) is 0 Å². The van der Waals surface area contributed by atoms with Crippen molar-refractivity contribution in [2.24, 2.45) is 0 Å². The van der Waals surface area contributed by atoms with E-state index in [9.17, 15) is 14.7 Å². The number of hydrogen-bond donors (Lipinski definition) is 2. The molecule has 0 fully saturated rings. The fourth-order valence-corrected chi connectivity index (χ4v) is 2.90. The van der Waals surface area contributed by atoms with Gasteiger partial charge in [-0.25, -0.2) is 9.59 Å². The third kappa shape index (κ3) is 7.82. The number of amides is 1. The molecule has 2 aromatic carbocycles. The molecule has 2 aromatic rings. The molecule has 0 saturated heterocycles. The molecule has 168 valence electrons. The SMILES string of the molecule is CCOc1ccc(CC(OC(C)C)C(=O)O)cc1COC(=O)Nc1cccc(OC)c1. The first-order valence-electron chi connectivity index (χ1n) is 10.0. The second-order valence-electron chi connectivity index (χ2n) is 7.02. The number of anilines is 1. The second kappa shape index (κ2) is 11.8. The second-order valence-corrected chi connectivity index (χ2v) is 7.02. The Morgan fingerprint density at radius 1 is 1.13 bits per heavy atom. The number of ether oxygens (including phenoxy) is 4. The lowest BCUT2D eigenvalue weighted by Gasteiger charge is -2.18. The number of nitrogens with one attached hydrogen (secondary N) is 1. The van der Waals surface area contributed by atoms with Gasteiger partial charge in [-0.3, -0.25) is 5.32 Å². The van der Waals surface area contributed by atoms with E-state index in [0.29, 0.717) is 29.4 Å². The van der Waals surface area contributed by atoms with Crippen LogP contribution in [-0.4, -0.2) is 43.1 Å². The van der Waals surface area contributed by atoms with Crippen molar-refractivity contribution in [2.45, 2.75) is 46.0 Å². The lowest BCUT2D eigenvalue weighted by atomic mass is 10.0. The molecule has 0 radical (unpaired) electrons. The van der Waals surface area contributed by atoms with E-state index >= 15 is 0 Å². The number of methoxy groups -OCH3 is 1. The molecule has 1 amide bonds. The molecule has 0 saturated carbocycles. The van der Waals surface area contributed by atoms with Gasteiger partial charge >= 0.3 is 12.1 Å². The zero-order valence-corrected chi connectivity index (χ0v) is 18.2. The topological polar surface area (TPSA) is 103 Å². The number of carbonyl (C=O) groups excluding carboxylic acids is 1. The lowest BCUT2D eigenvalue weighted by molar-refractivity contribution is -0.153. The number of rotatable bonds is 11. The minimum atomic E-state index is -1.03. The monoisotopic (exact) mass is 431 g/mol. The first-order chi connectivity index (χ1) is 14.8. The van der Waals surface area contributed by atoms with Crippen LogP contribution in [0.2, 0.25) is 0 Å². The molecular formula is C23H29NO7. The van der Waals surface area contributed by atoms with E-state index < -0.39 is 18.2 Å². The summed E-state index contributed by atoms with van der Waals surface area (Å²) in [5, 5.41) is 12.1. The van der Waals surface area contributed by atoms with Crippen molar-refractivity contribution in [2.75, 3.05) is 19.0 Å². The van der Waals surface area contributed by atoms with Crippen LogP contribution in [0.25, 0.3) is 0 Å². The summed E-state index contributed by atoms with van der Waals surface area (Å²) in [6.45, 7) is 5.83. The van der Waals surface area contributed by atoms with Crippen LogP contribution in [0.5, 0.6) is 11.5 Å². The summed E-state index contributed by atoms with van der Waals surface area (Å²) >= 11 is 0. The van der Waals surface area contributed by atoms with Crippen molar-refractivity contribution >= 4 is 17.7 Å². The molecule has 2 rings (SSSR count). The van der Waals surface area contributed by atoms with E-state index in [0.717, 1.165) is 5.56 Å². The van der Waals surface area contributed by atoms with Crippen LogP contribution < -0.4 is 14.8 Å². The first-order valence-corrected chi connectivity index (χ1v) is 10.0. The normalized spacial score (nSPS) is 11.6.